The van der Waals surface area contributed by atoms with Crippen LogP contribution in [0, 0.1) is 12.8 Å². The minimum atomic E-state index is -3.74. The average Bonchev–Trinajstić information content (AvgIpc) is 2.39. The number of nitrogens with one attached hydrogen (secondary N) is 1. The summed E-state index contributed by atoms with van der Waals surface area (Å²) in [5, 5.41) is 0. The lowest BCUT2D eigenvalue weighted by molar-refractivity contribution is 0.343. The number of aryl methyl sites for hydroxylation is 1. The van der Waals surface area contributed by atoms with E-state index in [9.17, 15) is 8.42 Å². The van der Waals surface area contributed by atoms with Crippen LogP contribution in [0.5, 0.6) is 5.75 Å². The maximum Gasteiger partial charge on any atom is 0.244 e. The standard InChI is InChI=1S/C15H25BrN2O3S/c1-10(2)8-15(4,9-17)18-22(19,20)14-7-12(16)11(3)6-13(14)21-5/h6-7,10,18H,8-9,17H2,1-5H3. The van der Waals surface area contributed by atoms with Gasteiger partial charge in [0, 0.05) is 16.6 Å². The highest BCUT2D eigenvalue weighted by Crippen LogP contribution is 2.31. The Morgan fingerprint density at radius 3 is 2.45 bits per heavy atom. The molecule has 1 aromatic rings. The lowest BCUT2D eigenvalue weighted by Crippen LogP contribution is -2.52. The summed E-state index contributed by atoms with van der Waals surface area (Å²) in [5.74, 6) is 0.639. The molecule has 0 bridgehead atoms. The fourth-order valence-electron chi connectivity index (χ4n) is 2.45. The maximum absolute atomic E-state index is 12.8. The Morgan fingerprint density at radius 2 is 2.00 bits per heavy atom. The van der Waals surface area contributed by atoms with Gasteiger partial charge >= 0.3 is 0 Å². The molecule has 1 unspecified atom stereocenters. The monoisotopic (exact) mass is 392 g/mol. The predicted molar refractivity (Wildman–Crippen MR) is 92.7 cm³/mol. The Hall–Kier alpha value is -0.630. The number of nitrogens with two attached hydrogens (primary N) is 1. The number of halogens is 1. The molecule has 0 aliphatic carbocycles. The van der Waals surface area contributed by atoms with Crippen LogP contribution in [-0.2, 0) is 10.0 Å². The second kappa shape index (κ2) is 7.29. The number of hydrogen-bond acceptors (Lipinski definition) is 4. The van der Waals surface area contributed by atoms with Crippen LogP contribution in [0.1, 0.15) is 32.8 Å². The van der Waals surface area contributed by atoms with E-state index in [2.05, 4.69) is 20.7 Å². The molecular formula is C15H25BrN2O3S. The number of sulfonamides is 1. The van der Waals surface area contributed by atoms with Gasteiger partial charge in [-0.25, -0.2) is 13.1 Å². The van der Waals surface area contributed by atoms with E-state index in [0.29, 0.717) is 22.6 Å². The SMILES string of the molecule is COc1cc(C)c(Br)cc1S(=O)(=O)NC(C)(CN)CC(C)C. The maximum atomic E-state index is 12.8. The molecule has 1 rings (SSSR count). The van der Waals surface area contributed by atoms with E-state index in [1.54, 1.807) is 12.1 Å². The summed E-state index contributed by atoms with van der Waals surface area (Å²) < 4.78 is 34.2. The van der Waals surface area contributed by atoms with Crippen molar-refractivity contribution in [2.75, 3.05) is 13.7 Å². The molecule has 0 heterocycles. The number of benzene rings is 1. The lowest BCUT2D eigenvalue weighted by Gasteiger charge is -2.31. The third-order valence-corrected chi connectivity index (χ3v) is 5.94. The van der Waals surface area contributed by atoms with Gasteiger partial charge in [-0.2, -0.15) is 0 Å². The number of ether oxygens (including phenoxy) is 1. The van der Waals surface area contributed by atoms with Crippen LogP contribution in [-0.4, -0.2) is 27.6 Å². The van der Waals surface area contributed by atoms with E-state index in [-0.39, 0.29) is 11.4 Å². The van der Waals surface area contributed by atoms with E-state index in [1.165, 1.54) is 7.11 Å². The molecule has 0 aliphatic heterocycles. The first-order valence-corrected chi connectivity index (χ1v) is 9.40. The molecule has 5 nitrogen and oxygen atoms in total. The molecular weight excluding hydrogens is 368 g/mol. The molecule has 0 aromatic heterocycles. The van der Waals surface area contributed by atoms with Gasteiger partial charge in [-0.1, -0.05) is 29.8 Å². The first kappa shape index (κ1) is 19.4. The van der Waals surface area contributed by atoms with Crippen LogP contribution in [0.4, 0.5) is 0 Å². The molecule has 0 fully saturated rings. The van der Waals surface area contributed by atoms with E-state index < -0.39 is 15.6 Å². The quantitative estimate of drug-likeness (QED) is 0.747. The Balaban J connectivity index is 3.27. The molecule has 0 aliphatic rings. The van der Waals surface area contributed by atoms with E-state index >= 15 is 0 Å². The molecule has 0 amide bonds. The topological polar surface area (TPSA) is 81.4 Å². The summed E-state index contributed by atoms with van der Waals surface area (Å²) in [6.07, 6.45) is 0.651. The minimum Gasteiger partial charge on any atom is -0.495 e. The molecule has 126 valence electrons. The van der Waals surface area contributed by atoms with Gasteiger partial charge in [-0.3, -0.25) is 0 Å². The summed E-state index contributed by atoms with van der Waals surface area (Å²) in [6.45, 7) is 7.98. The summed E-state index contributed by atoms with van der Waals surface area (Å²) >= 11 is 3.37. The Bertz CT molecular complexity index is 632. The van der Waals surface area contributed by atoms with Gasteiger partial charge in [0.1, 0.15) is 10.6 Å². The van der Waals surface area contributed by atoms with Crippen molar-refractivity contribution in [3.8, 4) is 5.75 Å². The van der Waals surface area contributed by atoms with E-state index in [0.717, 1.165) is 5.56 Å². The van der Waals surface area contributed by atoms with Crippen molar-refractivity contribution in [1.29, 1.82) is 0 Å². The van der Waals surface area contributed by atoms with Crippen molar-refractivity contribution >= 4 is 26.0 Å². The Labute approximate surface area is 141 Å². The molecule has 7 heteroatoms. The van der Waals surface area contributed by atoms with Gasteiger partial charge < -0.3 is 10.5 Å². The van der Waals surface area contributed by atoms with Crippen LogP contribution in [0.2, 0.25) is 0 Å². The van der Waals surface area contributed by atoms with Crippen molar-refractivity contribution in [2.24, 2.45) is 11.7 Å². The van der Waals surface area contributed by atoms with Crippen molar-refractivity contribution in [3.05, 3.63) is 22.2 Å². The highest BCUT2D eigenvalue weighted by atomic mass is 79.9. The highest BCUT2D eigenvalue weighted by Gasteiger charge is 2.32. The first-order chi connectivity index (χ1) is 10.0. The number of rotatable bonds is 7. The summed E-state index contributed by atoms with van der Waals surface area (Å²) in [6, 6.07) is 3.25. The van der Waals surface area contributed by atoms with Crippen LogP contribution >= 0.6 is 15.9 Å². The number of methoxy groups -OCH3 is 1. The second-order valence-corrected chi connectivity index (χ2v) is 8.73. The second-order valence-electron chi connectivity index (χ2n) is 6.22. The average molecular weight is 393 g/mol. The van der Waals surface area contributed by atoms with Crippen LogP contribution in [0.3, 0.4) is 0 Å². The third-order valence-electron chi connectivity index (χ3n) is 3.42. The van der Waals surface area contributed by atoms with Gasteiger partial charge in [0.2, 0.25) is 10.0 Å². The smallest absolute Gasteiger partial charge is 0.244 e. The molecule has 0 spiro atoms. The van der Waals surface area contributed by atoms with Crippen molar-refractivity contribution in [2.45, 2.75) is 44.6 Å². The lowest BCUT2D eigenvalue weighted by atomic mass is 9.92. The largest absolute Gasteiger partial charge is 0.495 e. The van der Waals surface area contributed by atoms with Crippen molar-refractivity contribution < 1.29 is 13.2 Å². The van der Waals surface area contributed by atoms with Crippen LogP contribution in [0.15, 0.2) is 21.5 Å². The third kappa shape index (κ3) is 4.68. The predicted octanol–water partition coefficient (Wildman–Crippen LogP) is 2.81. The van der Waals surface area contributed by atoms with Gasteiger partial charge in [0.25, 0.3) is 0 Å². The van der Waals surface area contributed by atoms with Crippen molar-refractivity contribution in [1.82, 2.24) is 4.72 Å². The van der Waals surface area contributed by atoms with Gasteiger partial charge in [-0.05, 0) is 43.9 Å². The van der Waals surface area contributed by atoms with Crippen LogP contribution < -0.4 is 15.2 Å². The fourth-order valence-corrected chi connectivity index (χ4v) is 4.55. The van der Waals surface area contributed by atoms with Crippen molar-refractivity contribution in [3.63, 3.8) is 0 Å². The summed E-state index contributed by atoms with van der Waals surface area (Å²) in [7, 11) is -2.29. The normalized spacial score (nSPS) is 14.9. The van der Waals surface area contributed by atoms with Gasteiger partial charge in [0.15, 0.2) is 0 Å². The molecule has 1 atom stereocenters. The first-order valence-electron chi connectivity index (χ1n) is 7.13. The zero-order chi connectivity index (χ0) is 17.1. The summed E-state index contributed by atoms with van der Waals surface area (Å²) in [5.41, 5.74) is 6.00. The zero-order valence-electron chi connectivity index (χ0n) is 13.7. The molecule has 0 saturated carbocycles. The van der Waals surface area contributed by atoms with Crippen LogP contribution in [0.25, 0.3) is 0 Å². The molecule has 3 N–H and O–H groups in total. The fraction of sp³-hybridized carbons (Fsp3) is 0.600. The van der Waals surface area contributed by atoms with Gasteiger partial charge in [0.05, 0.1) is 7.11 Å². The number of hydrogen-bond donors (Lipinski definition) is 2. The minimum absolute atomic E-state index is 0.107. The summed E-state index contributed by atoms with van der Waals surface area (Å²) in [4.78, 5) is 0.107. The zero-order valence-corrected chi connectivity index (χ0v) is 16.1. The Kier molecular flexibility index (Phi) is 6.44. The van der Waals surface area contributed by atoms with Gasteiger partial charge in [-0.15, -0.1) is 0 Å². The van der Waals surface area contributed by atoms with E-state index in [1.807, 2.05) is 27.7 Å². The Morgan fingerprint density at radius 1 is 1.41 bits per heavy atom. The molecule has 1 aromatic carbocycles. The molecule has 0 radical (unpaired) electrons. The molecule has 0 saturated heterocycles. The molecule has 22 heavy (non-hydrogen) atoms. The van der Waals surface area contributed by atoms with E-state index in [4.69, 9.17) is 10.5 Å². The highest BCUT2D eigenvalue weighted by molar-refractivity contribution is 9.10.